The van der Waals surface area contributed by atoms with E-state index in [2.05, 4.69) is 25.8 Å². The highest BCUT2D eigenvalue weighted by molar-refractivity contribution is 4.85. The molecule has 0 aromatic carbocycles. The standard InChI is InChI=1S/C13H28N2O/c1-13(2)7-5-11(6-8-13)15(3)12(9-14)10-16-4/h11-12H,5-10,14H2,1-4H3. The molecular formula is C13H28N2O. The number of methoxy groups -OCH3 is 1. The summed E-state index contributed by atoms with van der Waals surface area (Å²) in [5.74, 6) is 0. The van der Waals surface area contributed by atoms with Gasteiger partial charge in [0.1, 0.15) is 0 Å². The smallest absolute Gasteiger partial charge is 0.0630 e. The normalized spacial score (nSPS) is 23.6. The molecule has 1 unspecified atom stereocenters. The van der Waals surface area contributed by atoms with Gasteiger partial charge in [0.2, 0.25) is 0 Å². The van der Waals surface area contributed by atoms with Crippen molar-refractivity contribution in [3.8, 4) is 0 Å². The van der Waals surface area contributed by atoms with Crippen molar-refractivity contribution in [1.82, 2.24) is 4.90 Å². The number of hydrogen-bond donors (Lipinski definition) is 1. The first kappa shape index (κ1) is 13.9. The van der Waals surface area contributed by atoms with Crippen molar-refractivity contribution in [2.24, 2.45) is 11.1 Å². The highest BCUT2D eigenvalue weighted by Gasteiger charge is 2.30. The van der Waals surface area contributed by atoms with Crippen LogP contribution in [0.25, 0.3) is 0 Å². The molecule has 0 aromatic rings. The Morgan fingerprint density at radius 2 is 1.94 bits per heavy atom. The largest absolute Gasteiger partial charge is 0.383 e. The third-order valence-electron chi connectivity index (χ3n) is 4.09. The summed E-state index contributed by atoms with van der Waals surface area (Å²) in [5.41, 5.74) is 6.34. The van der Waals surface area contributed by atoms with Crippen molar-refractivity contribution >= 4 is 0 Å². The summed E-state index contributed by atoms with van der Waals surface area (Å²) in [7, 11) is 3.94. The molecular weight excluding hydrogens is 200 g/mol. The molecule has 0 heterocycles. The van der Waals surface area contributed by atoms with E-state index in [1.807, 2.05) is 0 Å². The first-order valence-corrected chi connectivity index (χ1v) is 6.41. The van der Waals surface area contributed by atoms with Gasteiger partial charge >= 0.3 is 0 Å². The fourth-order valence-corrected chi connectivity index (χ4v) is 2.63. The number of rotatable bonds is 5. The third kappa shape index (κ3) is 3.72. The Morgan fingerprint density at radius 3 is 2.38 bits per heavy atom. The number of nitrogens with two attached hydrogens (primary N) is 1. The van der Waals surface area contributed by atoms with Crippen LogP contribution in [0.2, 0.25) is 0 Å². The Hall–Kier alpha value is -0.120. The summed E-state index contributed by atoms with van der Waals surface area (Å²) in [6.45, 7) is 6.18. The molecule has 1 saturated carbocycles. The first-order valence-electron chi connectivity index (χ1n) is 6.41. The molecule has 0 aliphatic heterocycles. The monoisotopic (exact) mass is 228 g/mol. The molecule has 2 N–H and O–H groups in total. The van der Waals surface area contributed by atoms with Crippen molar-refractivity contribution < 1.29 is 4.74 Å². The fraction of sp³-hybridized carbons (Fsp3) is 1.00. The SMILES string of the molecule is COCC(CN)N(C)C1CCC(C)(C)CC1. The molecule has 3 nitrogen and oxygen atoms in total. The third-order valence-corrected chi connectivity index (χ3v) is 4.09. The zero-order valence-corrected chi connectivity index (χ0v) is 11.3. The van der Waals surface area contributed by atoms with Crippen molar-refractivity contribution in [3.63, 3.8) is 0 Å². The van der Waals surface area contributed by atoms with Gasteiger partial charge in [0.25, 0.3) is 0 Å². The van der Waals surface area contributed by atoms with E-state index in [4.69, 9.17) is 10.5 Å². The van der Waals surface area contributed by atoms with Gasteiger partial charge in [0.05, 0.1) is 6.61 Å². The van der Waals surface area contributed by atoms with Gasteiger partial charge in [0.15, 0.2) is 0 Å². The van der Waals surface area contributed by atoms with E-state index in [0.717, 1.165) is 6.61 Å². The lowest BCUT2D eigenvalue weighted by atomic mass is 9.75. The van der Waals surface area contributed by atoms with Gasteiger partial charge in [-0.05, 0) is 38.1 Å². The van der Waals surface area contributed by atoms with Crippen LogP contribution in [0.5, 0.6) is 0 Å². The quantitative estimate of drug-likeness (QED) is 0.780. The highest BCUT2D eigenvalue weighted by atomic mass is 16.5. The number of nitrogens with zero attached hydrogens (tertiary/aromatic N) is 1. The van der Waals surface area contributed by atoms with Crippen LogP contribution in [0.15, 0.2) is 0 Å². The summed E-state index contributed by atoms with van der Waals surface area (Å²) in [5, 5.41) is 0. The molecule has 1 rings (SSSR count). The van der Waals surface area contributed by atoms with Crippen LogP contribution >= 0.6 is 0 Å². The predicted molar refractivity (Wildman–Crippen MR) is 68.5 cm³/mol. The highest BCUT2D eigenvalue weighted by Crippen LogP contribution is 2.36. The number of hydrogen-bond acceptors (Lipinski definition) is 3. The zero-order chi connectivity index (χ0) is 12.2. The Morgan fingerprint density at radius 1 is 1.38 bits per heavy atom. The van der Waals surface area contributed by atoms with E-state index in [9.17, 15) is 0 Å². The molecule has 0 saturated heterocycles. The van der Waals surface area contributed by atoms with E-state index < -0.39 is 0 Å². The molecule has 0 aromatic heterocycles. The molecule has 96 valence electrons. The van der Waals surface area contributed by atoms with Gasteiger partial charge < -0.3 is 10.5 Å². The number of likely N-dealkylation sites (N-methyl/N-ethyl adjacent to an activating group) is 1. The van der Waals surface area contributed by atoms with Crippen LogP contribution in [0, 0.1) is 5.41 Å². The molecule has 0 amide bonds. The van der Waals surface area contributed by atoms with Crippen molar-refractivity contribution in [1.29, 1.82) is 0 Å². The number of ether oxygens (including phenoxy) is 1. The lowest BCUT2D eigenvalue weighted by molar-refractivity contribution is 0.0531. The van der Waals surface area contributed by atoms with Gasteiger partial charge in [-0.3, -0.25) is 4.90 Å². The van der Waals surface area contributed by atoms with Crippen LogP contribution < -0.4 is 5.73 Å². The molecule has 0 spiro atoms. The maximum Gasteiger partial charge on any atom is 0.0630 e. The second kappa shape index (κ2) is 5.99. The second-order valence-corrected chi connectivity index (χ2v) is 5.91. The molecule has 0 radical (unpaired) electrons. The van der Waals surface area contributed by atoms with Gasteiger partial charge in [-0.25, -0.2) is 0 Å². The van der Waals surface area contributed by atoms with Gasteiger partial charge in [-0.15, -0.1) is 0 Å². The molecule has 16 heavy (non-hydrogen) atoms. The summed E-state index contributed by atoms with van der Waals surface area (Å²) >= 11 is 0. The Bertz CT molecular complexity index is 196. The van der Waals surface area contributed by atoms with Gasteiger partial charge in [0, 0.05) is 25.7 Å². The van der Waals surface area contributed by atoms with E-state index in [0.29, 0.717) is 24.0 Å². The first-order chi connectivity index (χ1) is 7.50. The lowest BCUT2D eigenvalue weighted by Crippen LogP contribution is -2.48. The summed E-state index contributed by atoms with van der Waals surface area (Å²) < 4.78 is 5.23. The van der Waals surface area contributed by atoms with Gasteiger partial charge in [-0.1, -0.05) is 13.8 Å². The van der Waals surface area contributed by atoms with Crippen LogP contribution in [0.4, 0.5) is 0 Å². The maximum atomic E-state index is 5.80. The average molecular weight is 228 g/mol. The molecule has 0 bridgehead atoms. The minimum absolute atomic E-state index is 0.371. The van der Waals surface area contributed by atoms with Crippen LogP contribution in [0.3, 0.4) is 0 Å². The van der Waals surface area contributed by atoms with Crippen molar-refractivity contribution in [2.75, 3.05) is 27.3 Å². The fourth-order valence-electron chi connectivity index (χ4n) is 2.63. The average Bonchev–Trinajstić information content (AvgIpc) is 2.25. The van der Waals surface area contributed by atoms with Gasteiger partial charge in [-0.2, -0.15) is 0 Å². The second-order valence-electron chi connectivity index (χ2n) is 5.91. The minimum atomic E-state index is 0.371. The zero-order valence-electron chi connectivity index (χ0n) is 11.3. The van der Waals surface area contributed by atoms with Crippen molar-refractivity contribution in [2.45, 2.75) is 51.6 Å². The summed E-state index contributed by atoms with van der Waals surface area (Å²) in [4.78, 5) is 2.43. The summed E-state index contributed by atoms with van der Waals surface area (Å²) in [6, 6.07) is 1.06. The predicted octanol–water partition coefficient (Wildman–Crippen LogP) is 1.86. The topological polar surface area (TPSA) is 38.5 Å². The van der Waals surface area contributed by atoms with Crippen LogP contribution in [-0.2, 0) is 4.74 Å². The van der Waals surface area contributed by atoms with Crippen molar-refractivity contribution in [3.05, 3.63) is 0 Å². The molecule has 1 atom stereocenters. The lowest BCUT2D eigenvalue weighted by Gasteiger charge is -2.41. The minimum Gasteiger partial charge on any atom is -0.383 e. The maximum absolute atomic E-state index is 5.80. The van der Waals surface area contributed by atoms with E-state index >= 15 is 0 Å². The molecule has 1 fully saturated rings. The Kier molecular flexibility index (Phi) is 5.22. The van der Waals surface area contributed by atoms with Crippen LogP contribution in [0.1, 0.15) is 39.5 Å². The molecule has 1 aliphatic carbocycles. The van der Waals surface area contributed by atoms with E-state index in [1.165, 1.54) is 25.7 Å². The Balaban J connectivity index is 2.45. The van der Waals surface area contributed by atoms with Crippen LogP contribution in [-0.4, -0.2) is 44.3 Å². The van der Waals surface area contributed by atoms with E-state index in [-0.39, 0.29) is 0 Å². The molecule has 1 aliphatic rings. The Labute approximate surface area is 100 Å². The molecule has 3 heteroatoms. The van der Waals surface area contributed by atoms with E-state index in [1.54, 1.807) is 7.11 Å². The summed E-state index contributed by atoms with van der Waals surface area (Å²) in [6.07, 6.45) is 5.24.